The van der Waals surface area contributed by atoms with Crippen molar-refractivity contribution in [3.63, 3.8) is 0 Å². The Morgan fingerprint density at radius 1 is 1.50 bits per heavy atom. The van der Waals surface area contributed by atoms with Gasteiger partial charge in [-0.25, -0.2) is 0 Å². The first-order valence-electron chi connectivity index (χ1n) is 5.53. The Bertz CT molecular complexity index is 159. The molecule has 3 heteroatoms. The molecule has 2 unspecified atom stereocenters. The molecule has 0 amide bonds. The number of ether oxygens (including phenoxy) is 1. The Morgan fingerprint density at radius 3 is 2.64 bits per heavy atom. The zero-order valence-corrected chi connectivity index (χ0v) is 9.89. The van der Waals surface area contributed by atoms with Crippen LogP contribution in [0.4, 0.5) is 0 Å². The van der Waals surface area contributed by atoms with E-state index in [4.69, 9.17) is 4.74 Å². The summed E-state index contributed by atoms with van der Waals surface area (Å²) in [6, 6.07) is 0.521. The Hall–Kier alpha value is -0.120. The highest BCUT2D eigenvalue weighted by Crippen LogP contribution is 2.23. The van der Waals surface area contributed by atoms with Crippen molar-refractivity contribution in [3.8, 4) is 0 Å². The molecule has 1 aliphatic rings. The predicted octanol–water partition coefficient (Wildman–Crippen LogP) is 0.999. The van der Waals surface area contributed by atoms with E-state index in [2.05, 4.69) is 31.4 Å². The van der Waals surface area contributed by atoms with Gasteiger partial charge in [0.05, 0.1) is 12.7 Å². The van der Waals surface area contributed by atoms with Gasteiger partial charge in [-0.3, -0.25) is 0 Å². The predicted molar refractivity (Wildman–Crippen MR) is 59.5 cm³/mol. The quantitative estimate of drug-likeness (QED) is 0.713. The highest BCUT2D eigenvalue weighted by molar-refractivity contribution is 4.83. The van der Waals surface area contributed by atoms with Crippen LogP contribution in [0.1, 0.15) is 27.2 Å². The normalized spacial score (nSPS) is 26.1. The molecule has 1 aliphatic heterocycles. The molecule has 0 aromatic heterocycles. The molecule has 1 saturated heterocycles. The van der Waals surface area contributed by atoms with Gasteiger partial charge in [-0.2, -0.15) is 0 Å². The molecule has 1 heterocycles. The lowest BCUT2D eigenvalue weighted by atomic mass is 9.83. The van der Waals surface area contributed by atoms with E-state index in [9.17, 15) is 0 Å². The summed E-state index contributed by atoms with van der Waals surface area (Å²) >= 11 is 0. The van der Waals surface area contributed by atoms with Crippen LogP contribution in [0.25, 0.3) is 0 Å². The molecule has 0 radical (unpaired) electrons. The van der Waals surface area contributed by atoms with Crippen molar-refractivity contribution in [2.75, 3.05) is 26.7 Å². The maximum atomic E-state index is 5.70. The third kappa shape index (κ3) is 3.56. The van der Waals surface area contributed by atoms with E-state index < -0.39 is 0 Å². The smallest absolute Gasteiger partial charge is 0.0715 e. The summed E-state index contributed by atoms with van der Waals surface area (Å²) in [6.45, 7) is 9.65. The first kappa shape index (κ1) is 12.0. The summed E-state index contributed by atoms with van der Waals surface area (Å²) in [5.74, 6) is 0. The molecule has 0 aromatic carbocycles. The fourth-order valence-electron chi connectivity index (χ4n) is 1.94. The van der Waals surface area contributed by atoms with Crippen LogP contribution in [0, 0.1) is 5.41 Å². The van der Waals surface area contributed by atoms with Crippen molar-refractivity contribution < 1.29 is 4.74 Å². The highest BCUT2D eigenvalue weighted by Gasteiger charge is 2.27. The van der Waals surface area contributed by atoms with Gasteiger partial charge in [0, 0.05) is 19.1 Å². The maximum Gasteiger partial charge on any atom is 0.0715 e. The maximum absolute atomic E-state index is 5.70. The lowest BCUT2D eigenvalue weighted by Crippen LogP contribution is -2.46. The fourth-order valence-corrected chi connectivity index (χ4v) is 1.94. The largest absolute Gasteiger partial charge is 0.376 e. The van der Waals surface area contributed by atoms with Gasteiger partial charge in [-0.15, -0.1) is 0 Å². The first-order chi connectivity index (χ1) is 6.54. The number of hydrogen-bond donors (Lipinski definition) is 2. The molecule has 1 rings (SSSR count). The third-order valence-electron chi connectivity index (χ3n) is 2.90. The summed E-state index contributed by atoms with van der Waals surface area (Å²) in [5.41, 5.74) is 0.301. The second-order valence-corrected chi connectivity index (χ2v) is 5.14. The Kier molecular flexibility index (Phi) is 4.35. The van der Waals surface area contributed by atoms with Crippen LogP contribution in [0.3, 0.4) is 0 Å². The average molecular weight is 200 g/mol. The van der Waals surface area contributed by atoms with Crippen molar-refractivity contribution in [1.29, 1.82) is 0 Å². The second-order valence-electron chi connectivity index (χ2n) is 5.14. The minimum absolute atomic E-state index is 0.301. The van der Waals surface area contributed by atoms with E-state index in [0.29, 0.717) is 17.6 Å². The average Bonchev–Trinajstić information content (AvgIpc) is 2.14. The van der Waals surface area contributed by atoms with Gasteiger partial charge in [0.15, 0.2) is 0 Å². The number of morpholine rings is 1. The minimum Gasteiger partial charge on any atom is -0.376 e. The van der Waals surface area contributed by atoms with Crippen LogP contribution >= 0.6 is 0 Å². The van der Waals surface area contributed by atoms with E-state index in [1.54, 1.807) is 0 Å². The topological polar surface area (TPSA) is 33.3 Å². The SMILES string of the molecule is CNC(CC1CNCCO1)C(C)(C)C. The van der Waals surface area contributed by atoms with Crippen LogP contribution in [0.2, 0.25) is 0 Å². The lowest BCUT2D eigenvalue weighted by Gasteiger charge is -2.34. The van der Waals surface area contributed by atoms with Gasteiger partial charge in [0.1, 0.15) is 0 Å². The van der Waals surface area contributed by atoms with Crippen molar-refractivity contribution in [2.45, 2.75) is 39.3 Å². The van der Waals surface area contributed by atoms with Crippen molar-refractivity contribution in [1.82, 2.24) is 10.6 Å². The van der Waals surface area contributed by atoms with E-state index >= 15 is 0 Å². The van der Waals surface area contributed by atoms with Gasteiger partial charge < -0.3 is 15.4 Å². The molecule has 0 bridgehead atoms. The zero-order chi connectivity index (χ0) is 10.6. The number of nitrogens with one attached hydrogen (secondary N) is 2. The summed E-state index contributed by atoms with van der Waals surface area (Å²) in [5, 5.41) is 6.74. The summed E-state index contributed by atoms with van der Waals surface area (Å²) in [7, 11) is 2.03. The summed E-state index contributed by atoms with van der Waals surface area (Å²) in [6.07, 6.45) is 1.47. The second kappa shape index (κ2) is 5.10. The monoisotopic (exact) mass is 200 g/mol. The van der Waals surface area contributed by atoms with Crippen molar-refractivity contribution >= 4 is 0 Å². The van der Waals surface area contributed by atoms with Crippen molar-refractivity contribution in [3.05, 3.63) is 0 Å². The van der Waals surface area contributed by atoms with Crippen LogP contribution in [0.5, 0.6) is 0 Å². The van der Waals surface area contributed by atoms with Gasteiger partial charge in [0.25, 0.3) is 0 Å². The van der Waals surface area contributed by atoms with Gasteiger partial charge in [0.2, 0.25) is 0 Å². The van der Waals surface area contributed by atoms with E-state index in [-0.39, 0.29) is 0 Å². The third-order valence-corrected chi connectivity index (χ3v) is 2.90. The lowest BCUT2D eigenvalue weighted by molar-refractivity contribution is 0.00920. The molecule has 3 nitrogen and oxygen atoms in total. The Labute approximate surface area is 87.6 Å². The fraction of sp³-hybridized carbons (Fsp3) is 1.00. The number of hydrogen-bond acceptors (Lipinski definition) is 3. The standard InChI is InChI=1S/C11H24N2O/c1-11(2,3)10(12-4)7-9-8-13-5-6-14-9/h9-10,12-13H,5-8H2,1-4H3. The molecule has 2 atom stereocenters. The summed E-state index contributed by atoms with van der Waals surface area (Å²) < 4.78 is 5.70. The van der Waals surface area contributed by atoms with Gasteiger partial charge >= 0.3 is 0 Å². The molecule has 0 spiro atoms. The first-order valence-corrected chi connectivity index (χ1v) is 5.53. The molecular formula is C11H24N2O. The van der Waals surface area contributed by atoms with Crippen LogP contribution in [0.15, 0.2) is 0 Å². The molecule has 2 N–H and O–H groups in total. The Balaban J connectivity index is 2.39. The minimum atomic E-state index is 0.301. The number of rotatable bonds is 3. The van der Waals surface area contributed by atoms with Crippen molar-refractivity contribution in [2.24, 2.45) is 5.41 Å². The van der Waals surface area contributed by atoms with Crippen LogP contribution in [-0.4, -0.2) is 38.9 Å². The molecule has 84 valence electrons. The van der Waals surface area contributed by atoms with E-state index in [0.717, 1.165) is 26.1 Å². The van der Waals surface area contributed by atoms with E-state index in [1.165, 1.54) is 0 Å². The molecule has 1 fully saturated rings. The van der Waals surface area contributed by atoms with Crippen LogP contribution < -0.4 is 10.6 Å². The zero-order valence-electron chi connectivity index (χ0n) is 9.89. The molecule has 0 aromatic rings. The summed E-state index contributed by atoms with van der Waals surface area (Å²) in [4.78, 5) is 0. The van der Waals surface area contributed by atoms with Gasteiger partial charge in [-0.05, 0) is 18.9 Å². The molecule has 14 heavy (non-hydrogen) atoms. The highest BCUT2D eigenvalue weighted by atomic mass is 16.5. The Morgan fingerprint density at radius 2 is 2.21 bits per heavy atom. The molecule has 0 aliphatic carbocycles. The van der Waals surface area contributed by atoms with E-state index in [1.807, 2.05) is 7.05 Å². The van der Waals surface area contributed by atoms with Gasteiger partial charge in [-0.1, -0.05) is 20.8 Å². The molecule has 0 saturated carbocycles. The van der Waals surface area contributed by atoms with Crippen LogP contribution in [-0.2, 0) is 4.74 Å². The molecular weight excluding hydrogens is 176 g/mol.